The predicted molar refractivity (Wildman–Crippen MR) is 366 cm³/mol. The first-order valence-electron chi connectivity index (χ1n) is 30.4. The number of anilines is 9. The summed E-state index contributed by atoms with van der Waals surface area (Å²) < 4.78 is 6.45. The van der Waals surface area contributed by atoms with E-state index in [-0.39, 0.29) is 23.0 Å². The zero-order valence-corrected chi connectivity index (χ0v) is 50.1. The summed E-state index contributed by atoms with van der Waals surface area (Å²) in [5.41, 5.74) is 28.1. The molecule has 0 bridgehead atoms. The average molecular weight is 1110 g/mol. The summed E-state index contributed by atoms with van der Waals surface area (Å²) in [5.74, 6) is 0. The number of hydrogen-bond acceptors (Lipinski definition) is 4. The van der Waals surface area contributed by atoms with Crippen LogP contribution in [0.3, 0.4) is 0 Å². The van der Waals surface area contributed by atoms with Crippen molar-refractivity contribution in [3.63, 3.8) is 0 Å². The van der Waals surface area contributed by atoms with Crippen LogP contribution in [0.4, 0.5) is 51.2 Å². The van der Waals surface area contributed by atoms with Gasteiger partial charge in [0.1, 0.15) is 11.2 Å². The van der Waals surface area contributed by atoms with Gasteiger partial charge < -0.3 is 19.1 Å². The van der Waals surface area contributed by atoms with Crippen molar-refractivity contribution in [3.05, 3.63) is 277 Å². The summed E-state index contributed by atoms with van der Waals surface area (Å²) in [6.07, 6.45) is 0. The van der Waals surface area contributed by atoms with Gasteiger partial charge in [0.25, 0.3) is 6.71 Å². The molecule has 86 heavy (non-hydrogen) atoms. The number of fused-ring (bicyclic) bond motifs is 11. The van der Waals surface area contributed by atoms with Crippen molar-refractivity contribution in [2.45, 2.75) is 71.6 Å². The Morgan fingerprint density at radius 1 is 0.407 bits per heavy atom. The van der Waals surface area contributed by atoms with Crippen molar-refractivity contribution in [3.8, 4) is 33.4 Å². The summed E-state index contributed by atoms with van der Waals surface area (Å²) >= 11 is 0. The first kappa shape index (κ1) is 51.8. The van der Waals surface area contributed by atoms with Crippen molar-refractivity contribution in [2.75, 3.05) is 14.7 Å². The summed E-state index contributed by atoms with van der Waals surface area (Å²) in [5, 5.41) is 4.67. The number of furan rings is 1. The lowest BCUT2D eigenvalue weighted by molar-refractivity contribution is 0.590. The van der Waals surface area contributed by atoms with E-state index in [0.717, 1.165) is 61.5 Å². The van der Waals surface area contributed by atoms with Crippen molar-refractivity contribution in [2.24, 2.45) is 0 Å². The van der Waals surface area contributed by atoms with Gasteiger partial charge in [-0.25, -0.2) is 0 Å². The van der Waals surface area contributed by atoms with E-state index in [4.69, 9.17) is 4.42 Å². The molecule has 0 fully saturated rings. The van der Waals surface area contributed by atoms with E-state index in [0.29, 0.717) is 0 Å². The van der Waals surface area contributed by atoms with Crippen LogP contribution in [0.15, 0.2) is 259 Å². The third kappa shape index (κ3) is 7.97. The molecule has 0 amide bonds. The SMILES string of the molecule is CC(C)(C)c1ccc2c(c1)N(c1ccc3c(c1)C(C)(C)c1ccccc1-3)c1cc(C(C)(C)C)cc3c1B2c1ccc(N(c2ccccc2)c2ccc4ccccc4c2-c2ccccc2)cc1N3c1ccc(-c2cccc3oc4ccccc4c23)cc1. The molecule has 0 unspecified atom stereocenters. The smallest absolute Gasteiger partial charge is 0.252 e. The fourth-order valence-corrected chi connectivity index (χ4v) is 14.6. The largest absolute Gasteiger partial charge is 0.456 e. The normalized spacial score (nSPS) is 13.8. The van der Waals surface area contributed by atoms with Crippen molar-refractivity contribution in [1.29, 1.82) is 0 Å². The molecule has 0 N–H and O–H groups in total. The standard InChI is InChI=1S/C81H66BN3O/c1-79(2,3)54-37-43-67-70(46-54)85(58-40-42-63-62-28-17-19-31-65(62)81(7,8)66(63)49-58)73-48-55(80(4,5)6)47-72-78(73)82(67)68-44-41-59(83(56-25-13-10-14-26-56)69-45-36-51-22-15-16-27-60(51)76(69)53-23-11-9-12-24-53)50-71(68)84(72)57-38-34-52(35-39-57)61-30-21-33-75-77(61)64-29-18-20-32-74(64)86-75/h9-50H,1-8H3. The molecular formula is C81H66BN3O. The highest BCUT2D eigenvalue weighted by Crippen LogP contribution is 2.54. The second kappa shape index (κ2) is 19.1. The Balaban J connectivity index is 0.974. The molecule has 1 aromatic heterocycles. The zero-order valence-electron chi connectivity index (χ0n) is 50.1. The summed E-state index contributed by atoms with van der Waals surface area (Å²) in [4.78, 5) is 7.71. The number of para-hydroxylation sites is 2. The minimum atomic E-state index is -0.209. The van der Waals surface area contributed by atoms with E-state index < -0.39 is 0 Å². The Hall–Kier alpha value is -9.84. The Labute approximate surface area is 505 Å². The molecule has 16 rings (SSSR count). The van der Waals surface area contributed by atoms with Crippen LogP contribution in [-0.2, 0) is 16.2 Å². The first-order chi connectivity index (χ1) is 41.7. The lowest BCUT2D eigenvalue weighted by Gasteiger charge is -2.46. The number of nitrogens with zero attached hydrogens (tertiary/aromatic N) is 3. The molecule has 0 atom stereocenters. The highest BCUT2D eigenvalue weighted by atomic mass is 16.3. The van der Waals surface area contributed by atoms with E-state index in [1.54, 1.807) is 0 Å². The van der Waals surface area contributed by atoms with Gasteiger partial charge in [-0.3, -0.25) is 0 Å². The highest BCUT2D eigenvalue weighted by Gasteiger charge is 2.46. The van der Waals surface area contributed by atoms with Crippen LogP contribution in [0.2, 0.25) is 0 Å². The molecule has 5 heteroatoms. The molecule has 3 aliphatic rings. The van der Waals surface area contributed by atoms with Gasteiger partial charge >= 0.3 is 0 Å². The highest BCUT2D eigenvalue weighted by molar-refractivity contribution is 7.00. The van der Waals surface area contributed by atoms with Crippen LogP contribution in [0, 0.1) is 0 Å². The third-order valence-corrected chi connectivity index (χ3v) is 18.9. The van der Waals surface area contributed by atoms with Crippen LogP contribution in [0.25, 0.3) is 66.1 Å². The molecule has 13 aromatic rings. The Bertz CT molecular complexity index is 4890. The fraction of sp³-hybridized carbons (Fsp3) is 0.136. The predicted octanol–water partition coefficient (Wildman–Crippen LogP) is 20.5. The number of rotatable bonds is 7. The molecule has 3 heterocycles. The first-order valence-corrected chi connectivity index (χ1v) is 30.4. The van der Waals surface area contributed by atoms with Gasteiger partial charge in [0.05, 0.1) is 5.69 Å². The van der Waals surface area contributed by atoms with Gasteiger partial charge in [-0.05, 0) is 173 Å². The molecule has 12 aromatic carbocycles. The summed E-state index contributed by atoms with van der Waals surface area (Å²) in [6.45, 7) is 18.8. The van der Waals surface area contributed by atoms with Gasteiger partial charge in [0, 0.05) is 67.2 Å². The van der Waals surface area contributed by atoms with Gasteiger partial charge in [0.2, 0.25) is 0 Å². The fourth-order valence-electron chi connectivity index (χ4n) is 14.6. The molecule has 4 nitrogen and oxygen atoms in total. The quantitative estimate of drug-likeness (QED) is 0.148. The Morgan fingerprint density at radius 3 is 1.76 bits per heavy atom. The van der Waals surface area contributed by atoms with Crippen LogP contribution in [-0.4, -0.2) is 6.71 Å². The zero-order chi connectivity index (χ0) is 58.4. The molecule has 0 saturated heterocycles. The van der Waals surface area contributed by atoms with Gasteiger partial charge in [-0.15, -0.1) is 0 Å². The van der Waals surface area contributed by atoms with Crippen LogP contribution in [0.5, 0.6) is 0 Å². The molecule has 0 radical (unpaired) electrons. The third-order valence-electron chi connectivity index (χ3n) is 18.9. The van der Waals surface area contributed by atoms with E-state index in [9.17, 15) is 0 Å². The van der Waals surface area contributed by atoms with Crippen molar-refractivity contribution < 1.29 is 4.42 Å². The summed E-state index contributed by atoms with van der Waals surface area (Å²) in [6, 6.07) is 95.5. The lowest BCUT2D eigenvalue weighted by atomic mass is 9.33. The molecule has 0 spiro atoms. The van der Waals surface area contributed by atoms with Gasteiger partial charge in [0.15, 0.2) is 0 Å². The Kier molecular flexibility index (Phi) is 11.5. The molecule has 0 saturated carbocycles. The summed E-state index contributed by atoms with van der Waals surface area (Å²) in [7, 11) is 0. The van der Waals surface area contributed by atoms with Crippen molar-refractivity contribution in [1.82, 2.24) is 0 Å². The molecular weight excluding hydrogens is 1040 g/mol. The topological polar surface area (TPSA) is 22.9 Å². The minimum Gasteiger partial charge on any atom is -0.456 e. The van der Waals surface area contributed by atoms with Crippen LogP contribution >= 0.6 is 0 Å². The second-order valence-electron chi connectivity index (χ2n) is 26.5. The van der Waals surface area contributed by atoms with E-state index >= 15 is 0 Å². The average Bonchev–Trinajstić information content (AvgIpc) is 0.902. The van der Waals surface area contributed by atoms with E-state index in [1.165, 1.54) is 94.4 Å². The Morgan fingerprint density at radius 2 is 1.00 bits per heavy atom. The molecule has 414 valence electrons. The van der Waals surface area contributed by atoms with E-state index in [1.807, 2.05) is 0 Å². The second-order valence-corrected chi connectivity index (χ2v) is 26.5. The van der Waals surface area contributed by atoms with Crippen molar-refractivity contribution >= 4 is 107 Å². The van der Waals surface area contributed by atoms with Crippen LogP contribution < -0.4 is 31.1 Å². The van der Waals surface area contributed by atoms with E-state index in [2.05, 4.69) is 325 Å². The maximum absolute atomic E-state index is 6.45. The number of hydrogen-bond donors (Lipinski definition) is 0. The number of benzene rings is 12. The lowest BCUT2D eigenvalue weighted by Crippen LogP contribution is -2.61. The molecule has 1 aliphatic carbocycles. The van der Waals surface area contributed by atoms with Crippen LogP contribution in [0.1, 0.15) is 77.6 Å². The van der Waals surface area contributed by atoms with Gasteiger partial charge in [-0.2, -0.15) is 0 Å². The maximum Gasteiger partial charge on any atom is 0.252 e. The van der Waals surface area contributed by atoms with Gasteiger partial charge in [-0.1, -0.05) is 225 Å². The molecule has 2 aliphatic heterocycles. The maximum atomic E-state index is 6.45. The monoisotopic (exact) mass is 1110 g/mol. The minimum absolute atomic E-state index is 0.0954.